The average Bonchev–Trinajstić information content (AvgIpc) is 2.47. The Kier molecular flexibility index (Phi) is 3.32. The van der Waals surface area contributed by atoms with Gasteiger partial charge in [-0.05, 0) is 13.5 Å². The number of aromatic nitrogens is 1. The minimum atomic E-state index is -0.00406. The van der Waals surface area contributed by atoms with Crippen molar-refractivity contribution in [2.45, 2.75) is 46.1 Å². The van der Waals surface area contributed by atoms with Crippen molar-refractivity contribution < 1.29 is 4.42 Å². The molecule has 80 valence electrons. The van der Waals surface area contributed by atoms with Crippen LogP contribution in [-0.4, -0.2) is 12.0 Å². The highest BCUT2D eigenvalue weighted by Crippen LogP contribution is 2.24. The van der Waals surface area contributed by atoms with Crippen LogP contribution >= 0.6 is 0 Å². The van der Waals surface area contributed by atoms with E-state index in [0.29, 0.717) is 0 Å². The van der Waals surface area contributed by atoms with Crippen LogP contribution in [0.1, 0.15) is 45.0 Å². The molecule has 0 spiro atoms. The number of aryl methyl sites for hydroxylation is 1. The summed E-state index contributed by atoms with van der Waals surface area (Å²) in [4.78, 5) is 4.51. The van der Waals surface area contributed by atoms with Crippen LogP contribution in [-0.2, 0) is 18.4 Å². The van der Waals surface area contributed by atoms with Crippen LogP contribution in [0.25, 0.3) is 0 Å². The summed E-state index contributed by atoms with van der Waals surface area (Å²) in [6.07, 6.45) is 0.927. The largest absolute Gasteiger partial charge is 0.443 e. The summed E-state index contributed by atoms with van der Waals surface area (Å²) in [5, 5.41) is 3.09. The summed E-state index contributed by atoms with van der Waals surface area (Å²) in [7, 11) is 1.92. The summed E-state index contributed by atoms with van der Waals surface area (Å²) in [6.45, 7) is 9.19. The Bertz CT molecular complexity index is 297. The van der Waals surface area contributed by atoms with Crippen LogP contribution < -0.4 is 5.32 Å². The van der Waals surface area contributed by atoms with Crippen molar-refractivity contribution in [2.75, 3.05) is 7.05 Å². The maximum atomic E-state index is 5.74. The van der Waals surface area contributed by atoms with E-state index in [4.69, 9.17) is 4.42 Å². The van der Waals surface area contributed by atoms with Gasteiger partial charge in [-0.25, -0.2) is 4.98 Å². The Hall–Kier alpha value is -0.830. The smallest absolute Gasteiger partial charge is 0.200 e. The molecule has 0 aliphatic heterocycles. The maximum absolute atomic E-state index is 5.74. The number of hydrogen-bond donors (Lipinski definition) is 1. The molecular weight excluding hydrogens is 176 g/mol. The zero-order valence-electron chi connectivity index (χ0n) is 9.77. The second-order valence-corrected chi connectivity index (χ2v) is 4.52. The zero-order chi connectivity index (χ0) is 10.8. The number of oxazole rings is 1. The molecule has 1 aromatic rings. The van der Waals surface area contributed by atoms with E-state index in [9.17, 15) is 0 Å². The van der Waals surface area contributed by atoms with Crippen LogP contribution in [0.3, 0.4) is 0 Å². The monoisotopic (exact) mass is 196 g/mol. The summed E-state index contributed by atoms with van der Waals surface area (Å²) < 4.78 is 5.74. The molecule has 3 nitrogen and oxygen atoms in total. The maximum Gasteiger partial charge on any atom is 0.200 e. The van der Waals surface area contributed by atoms with Gasteiger partial charge in [-0.1, -0.05) is 27.7 Å². The van der Waals surface area contributed by atoms with Gasteiger partial charge in [0.05, 0.1) is 12.2 Å². The zero-order valence-corrected chi connectivity index (χ0v) is 9.77. The van der Waals surface area contributed by atoms with E-state index in [1.807, 2.05) is 7.05 Å². The van der Waals surface area contributed by atoms with Gasteiger partial charge >= 0.3 is 0 Å². The van der Waals surface area contributed by atoms with Crippen molar-refractivity contribution in [1.29, 1.82) is 0 Å². The molecule has 0 fully saturated rings. The van der Waals surface area contributed by atoms with Crippen molar-refractivity contribution >= 4 is 0 Å². The summed E-state index contributed by atoms with van der Waals surface area (Å²) in [5.41, 5.74) is 1.07. The molecule has 0 bridgehead atoms. The first-order valence-electron chi connectivity index (χ1n) is 5.12. The molecule has 3 heteroatoms. The normalized spacial score (nSPS) is 12.1. The van der Waals surface area contributed by atoms with Crippen molar-refractivity contribution in [2.24, 2.45) is 0 Å². The molecule has 1 N–H and O–H groups in total. The molecule has 0 amide bonds. The van der Waals surface area contributed by atoms with Crippen LogP contribution in [0, 0.1) is 0 Å². The minimum absolute atomic E-state index is 0.00406. The van der Waals surface area contributed by atoms with Gasteiger partial charge in [0, 0.05) is 5.41 Å². The van der Waals surface area contributed by atoms with E-state index in [2.05, 4.69) is 38.0 Å². The lowest BCUT2D eigenvalue weighted by Gasteiger charge is -2.12. The highest BCUT2D eigenvalue weighted by atomic mass is 16.4. The van der Waals surface area contributed by atoms with Crippen molar-refractivity contribution in [3.05, 3.63) is 17.3 Å². The van der Waals surface area contributed by atoms with Gasteiger partial charge < -0.3 is 9.73 Å². The molecule has 0 atom stereocenters. The third kappa shape index (κ3) is 2.35. The predicted octanol–water partition coefficient (Wildman–Crippen LogP) is 2.25. The van der Waals surface area contributed by atoms with Crippen LogP contribution in [0.4, 0.5) is 0 Å². The molecule has 14 heavy (non-hydrogen) atoms. The van der Waals surface area contributed by atoms with E-state index in [0.717, 1.165) is 30.3 Å². The van der Waals surface area contributed by atoms with Crippen molar-refractivity contribution in [3.8, 4) is 0 Å². The number of nitrogens with zero attached hydrogens (tertiary/aromatic N) is 1. The van der Waals surface area contributed by atoms with Gasteiger partial charge in [-0.3, -0.25) is 0 Å². The van der Waals surface area contributed by atoms with Crippen molar-refractivity contribution in [3.63, 3.8) is 0 Å². The van der Waals surface area contributed by atoms with Crippen LogP contribution in [0.15, 0.2) is 4.42 Å². The topological polar surface area (TPSA) is 38.1 Å². The second-order valence-electron chi connectivity index (χ2n) is 4.52. The van der Waals surface area contributed by atoms with E-state index in [-0.39, 0.29) is 5.41 Å². The fourth-order valence-corrected chi connectivity index (χ4v) is 1.28. The molecule has 0 aliphatic rings. The lowest BCUT2D eigenvalue weighted by molar-refractivity contribution is 0.368. The molecule has 1 aromatic heterocycles. The van der Waals surface area contributed by atoms with Crippen LogP contribution in [0.2, 0.25) is 0 Å². The lowest BCUT2D eigenvalue weighted by atomic mass is 9.97. The summed E-state index contributed by atoms with van der Waals surface area (Å²) >= 11 is 0. The molecule has 1 heterocycles. The average molecular weight is 196 g/mol. The molecule has 0 unspecified atom stereocenters. The van der Waals surface area contributed by atoms with Gasteiger partial charge in [-0.15, -0.1) is 0 Å². The summed E-state index contributed by atoms with van der Waals surface area (Å²) in [5.74, 6) is 1.81. The predicted molar refractivity (Wildman–Crippen MR) is 57.3 cm³/mol. The molecular formula is C11H20N2O. The Morgan fingerprint density at radius 1 is 1.36 bits per heavy atom. The molecule has 0 saturated carbocycles. The van der Waals surface area contributed by atoms with Gasteiger partial charge in [0.1, 0.15) is 5.76 Å². The molecule has 1 rings (SSSR count). The van der Waals surface area contributed by atoms with E-state index in [1.165, 1.54) is 0 Å². The third-order valence-corrected chi connectivity index (χ3v) is 2.09. The highest BCUT2D eigenvalue weighted by molar-refractivity contribution is 5.13. The first-order valence-corrected chi connectivity index (χ1v) is 5.12. The molecule has 0 radical (unpaired) electrons. The van der Waals surface area contributed by atoms with Gasteiger partial charge in [-0.2, -0.15) is 0 Å². The summed E-state index contributed by atoms with van der Waals surface area (Å²) in [6, 6.07) is 0. The van der Waals surface area contributed by atoms with Crippen molar-refractivity contribution in [1.82, 2.24) is 10.3 Å². The quantitative estimate of drug-likeness (QED) is 0.805. The van der Waals surface area contributed by atoms with E-state index < -0.39 is 0 Å². The van der Waals surface area contributed by atoms with Gasteiger partial charge in [0.15, 0.2) is 5.89 Å². The number of rotatable bonds is 3. The number of hydrogen-bond acceptors (Lipinski definition) is 3. The van der Waals surface area contributed by atoms with Gasteiger partial charge in [0.25, 0.3) is 0 Å². The van der Waals surface area contributed by atoms with Gasteiger partial charge in [0.2, 0.25) is 0 Å². The molecule has 0 saturated heterocycles. The first kappa shape index (κ1) is 11.2. The Labute approximate surface area is 85.9 Å². The number of nitrogens with one attached hydrogen (secondary N) is 1. The Balaban J connectivity index is 3.00. The SMILES string of the molecule is CCc1nc(C(C)(C)C)oc1CNC. The lowest BCUT2D eigenvalue weighted by Crippen LogP contribution is -2.11. The Morgan fingerprint density at radius 2 is 2.00 bits per heavy atom. The standard InChI is InChI=1S/C11H20N2O/c1-6-8-9(7-12-5)14-10(13-8)11(2,3)4/h12H,6-7H2,1-5H3. The molecule has 0 aromatic carbocycles. The van der Waals surface area contributed by atoms with E-state index >= 15 is 0 Å². The molecule has 0 aliphatic carbocycles. The highest BCUT2D eigenvalue weighted by Gasteiger charge is 2.22. The second kappa shape index (κ2) is 4.13. The first-order chi connectivity index (χ1) is 6.49. The van der Waals surface area contributed by atoms with E-state index in [1.54, 1.807) is 0 Å². The Morgan fingerprint density at radius 3 is 2.43 bits per heavy atom. The third-order valence-electron chi connectivity index (χ3n) is 2.09. The fraction of sp³-hybridized carbons (Fsp3) is 0.727. The van der Waals surface area contributed by atoms with Crippen LogP contribution in [0.5, 0.6) is 0 Å². The fourth-order valence-electron chi connectivity index (χ4n) is 1.28. The minimum Gasteiger partial charge on any atom is -0.443 e.